The highest BCUT2D eigenvalue weighted by atomic mass is 16.5. The summed E-state index contributed by atoms with van der Waals surface area (Å²) in [5.41, 5.74) is 3.14. The number of amides is 2. The molecule has 0 unspecified atom stereocenters. The van der Waals surface area contributed by atoms with Gasteiger partial charge in [-0.2, -0.15) is 0 Å². The molecular formula is C30H31N5O6. The highest BCUT2D eigenvalue weighted by molar-refractivity contribution is 5.98. The number of nitrogens with zero attached hydrogens (tertiary/aromatic N) is 3. The van der Waals surface area contributed by atoms with Crippen molar-refractivity contribution in [2.45, 2.75) is 32.7 Å². The molecule has 2 aliphatic rings. The minimum absolute atomic E-state index is 0.100. The van der Waals surface area contributed by atoms with E-state index in [1.165, 1.54) is 7.11 Å². The molecule has 4 bridgehead atoms. The molecule has 0 saturated carbocycles. The fourth-order valence-electron chi connectivity index (χ4n) is 4.34. The Labute approximate surface area is 237 Å². The first kappa shape index (κ1) is 27.5. The molecule has 41 heavy (non-hydrogen) atoms. The third kappa shape index (κ3) is 6.75. The lowest BCUT2D eigenvalue weighted by Crippen LogP contribution is -2.24. The topological polar surface area (TPSA) is 126 Å². The number of nitrogens with one attached hydrogen (secondary N) is 2. The van der Waals surface area contributed by atoms with Crippen LogP contribution in [0.15, 0.2) is 66.9 Å². The monoisotopic (exact) mass is 557 g/mol. The van der Waals surface area contributed by atoms with Crippen LogP contribution in [0.3, 0.4) is 0 Å². The number of hydrogen-bond donors (Lipinski definition) is 2. The molecule has 2 aliphatic heterocycles. The highest BCUT2D eigenvalue weighted by Crippen LogP contribution is 2.32. The van der Waals surface area contributed by atoms with E-state index in [9.17, 15) is 9.59 Å². The summed E-state index contributed by atoms with van der Waals surface area (Å²) < 4.78 is 24.5. The molecule has 6 rings (SSSR count). The molecule has 3 aromatic carbocycles. The summed E-state index contributed by atoms with van der Waals surface area (Å²) in [6, 6.07) is 17.9. The number of aromatic nitrogens is 3. The number of ether oxygens (including phenoxy) is 4. The van der Waals surface area contributed by atoms with Crippen molar-refractivity contribution in [2.75, 3.05) is 20.8 Å². The van der Waals surface area contributed by atoms with Gasteiger partial charge in [-0.1, -0.05) is 35.5 Å². The zero-order valence-corrected chi connectivity index (χ0v) is 22.9. The summed E-state index contributed by atoms with van der Waals surface area (Å²) >= 11 is 0. The zero-order chi connectivity index (χ0) is 28.6. The van der Waals surface area contributed by atoms with Crippen molar-refractivity contribution in [1.29, 1.82) is 0 Å². The van der Waals surface area contributed by atoms with Gasteiger partial charge in [0.15, 0.2) is 11.5 Å². The van der Waals surface area contributed by atoms with Gasteiger partial charge in [0.1, 0.15) is 23.8 Å². The van der Waals surface area contributed by atoms with Crippen LogP contribution in [0.1, 0.15) is 44.0 Å². The van der Waals surface area contributed by atoms with Crippen LogP contribution in [0.25, 0.3) is 0 Å². The molecule has 0 fully saturated rings. The molecule has 2 amide bonds. The third-order valence-corrected chi connectivity index (χ3v) is 6.54. The van der Waals surface area contributed by atoms with Crippen molar-refractivity contribution >= 4 is 11.8 Å². The number of carbonyl (C=O) groups excluding carboxylic acids is 2. The standard InChI is InChI=1S/C30H31N5O6/c1-38-23-11-12-26-25(15-23)30(37)32-17-21-9-7-20(8-10-21)16-31-29(36)24-5-3-6-27(39-2)28(24)41-19-22-18-35(34-33-22)13-4-14-40-26/h3,5-12,15,18H,4,13-14,16-17,19H2,1-2H3,(H,31,36)(H,32,37). The van der Waals surface area contributed by atoms with Crippen LogP contribution in [0, 0.1) is 0 Å². The largest absolute Gasteiger partial charge is 0.497 e. The van der Waals surface area contributed by atoms with Crippen LogP contribution in [0.5, 0.6) is 23.0 Å². The van der Waals surface area contributed by atoms with Crippen molar-refractivity contribution in [1.82, 2.24) is 25.6 Å². The number of carbonyl (C=O) groups is 2. The maximum absolute atomic E-state index is 13.1. The van der Waals surface area contributed by atoms with Crippen LogP contribution in [0.4, 0.5) is 0 Å². The molecule has 11 nitrogen and oxygen atoms in total. The Morgan fingerprint density at radius 1 is 0.854 bits per heavy atom. The van der Waals surface area contributed by atoms with Crippen molar-refractivity contribution in [3.05, 3.63) is 94.8 Å². The van der Waals surface area contributed by atoms with E-state index in [0.29, 0.717) is 72.5 Å². The zero-order valence-electron chi connectivity index (χ0n) is 22.9. The second kappa shape index (κ2) is 12.9. The van der Waals surface area contributed by atoms with Crippen LogP contribution < -0.4 is 29.6 Å². The molecule has 2 N–H and O–H groups in total. The van der Waals surface area contributed by atoms with Crippen LogP contribution in [-0.2, 0) is 26.2 Å². The number of para-hydroxylation sites is 1. The predicted octanol–water partition coefficient (Wildman–Crippen LogP) is 3.52. The maximum atomic E-state index is 13.1. The van der Waals surface area contributed by atoms with Gasteiger partial charge in [-0.05, 0) is 41.5 Å². The summed E-state index contributed by atoms with van der Waals surface area (Å²) in [6.45, 7) is 1.63. The fraction of sp³-hybridized carbons (Fsp3) is 0.267. The molecule has 0 radical (unpaired) electrons. The average molecular weight is 558 g/mol. The molecule has 0 atom stereocenters. The predicted molar refractivity (Wildman–Crippen MR) is 149 cm³/mol. The molecule has 212 valence electrons. The first-order valence-electron chi connectivity index (χ1n) is 13.2. The second-order valence-corrected chi connectivity index (χ2v) is 9.34. The lowest BCUT2D eigenvalue weighted by Gasteiger charge is -2.14. The first-order valence-corrected chi connectivity index (χ1v) is 13.2. The van der Waals surface area contributed by atoms with Crippen molar-refractivity contribution in [3.63, 3.8) is 0 Å². The maximum Gasteiger partial charge on any atom is 0.255 e. The van der Waals surface area contributed by atoms with E-state index in [2.05, 4.69) is 20.9 Å². The Kier molecular flexibility index (Phi) is 8.63. The number of benzene rings is 3. The Bertz CT molecular complexity index is 1520. The number of hydrogen-bond acceptors (Lipinski definition) is 8. The van der Waals surface area contributed by atoms with E-state index in [4.69, 9.17) is 18.9 Å². The summed E-state index contributed by atoms with van der Waals surface area (Å²) in [5, 5.41) is 14.2. The lowest BCUT2D eigenvalue weighted by atomic mass is 10.1. The van der Waals surface area contributed by atoms with E-state index >= 15 is 0 Å². The fourth-order valence-corrected chi connectivity index (χ4v) is 4.34. The molecule has 0 aliphatic carbocycles. The van der Waals surface area contributed by atoms with Gasteiger partial charge in [-0.25, -0.2) is 0 Å². The van der Waals surface area contributed by atoms with Crippen LogP contribution >= 0.6 is 0 Å². The van der Waals surface area contributed by atoms with Gasteiger partial charge >= 0.3 is 0 Å². The van der Waals surface area contributed by atoms with Crippen molar-refractivity contribution < 1.29 is 28.5 Å². The van der Waals surface area contributed by atoms with E-state index < -0.39 is 0 Å². The number of fused-ring (bicyclic) bond motifs is 10. The number of rotatable bonds is 2. The molecule has 1 aromatic heterocycles. The quantitative estimate of drug-likeness (QED) is 0.384. The summed E-state index contributed by atoms with van der Waals surface area (Å²) in [4.78, 5) is 26.2. The highest BCUT2D eigenvalue weighted by Gasteiger charge is 2.19. The SMILES string of the molecule is COc1ccc2c(c1)C(=O)NCc1ccc(cc1)CNC(=O)c1cccc(OC)c1OCc1cn(nn1)CCCO2. The van der Waals surface area contributed by atoms with Gasteiger partial charge in [0, 0.05) is 26.1 Å². The Morgan fingerprint density at radius 3 is 2.29 bits per heavy atom. The van der Waals surface area contributed by atoms with E-state index in [0.717, 1.165) is 11.1 Å². The summed E-state index contributed by atoms with van der Waals surface area (Å²) in [6.07, 6.45) is 2.40. The minimum Gasteiger partial charge on any atom is -0.497 e. The van der Waals surface area contributed by atoms with Gasteiger partial charge in [0.25, 0.3) is 11.8 Å². The van der Waals surface area contributed by atoms with E-state index in [-0.39, 0.29) is 18.4 Å². The molecular weight excluding hydrogens is 526 g/mol. The van der Waals surface area contributed by atoms with Crippen molar-refractivity contribution in [3.8, 4) is 23.0 Å². The van der Waals surface area contributed by atoms with E-state index in [1.807, 2.05) is 24.3 Å². The van der Waals surface area contributed by atoms with Crippen molar-refractivity contribution in [2.24, 2.45) is 0 Å². The van der Waals surface area contributed by atoms with Crippen LogP contribution in [-0.4, -0.2) is 47.6 Å². The normalized spacial score (nSPS) is 14.4. The third-order valence-electron chi connectivity index (χ3n) is 6.54. The van der Waals surface area contributed by atoms with Gasteiger partial charge in [-0.3, -0.25) is 14.3 Å². The average Bonchev–Trinajstić information content (AvgIpc) is 3.47. The van der Waals surface area contributed by atoms with Gasteiger partial charge in [0.2, 0.25) is 0 Å². The molecule has 4 aromatic rings. The Morgan fingerprint density at radius 2 is 1.59 bits per heavy atom. The Balaban J connectivity index is 1.39. The first-order chi connectivity index (χ1) is 20.0. The van der Waals surface area contributed by atoms with Gasteiger partial charge in [0.05, 0.1) is 38.2 Å². The smallest absolute Gasteiger partial charge is 0.255 e. The van der Waals surface area contributed by atoms with E-state index in [1.54, 1.807) is 54.4 Å². The lowest BCUT2D eigenvalue weighted by molar-refractivity contribution is 0.0937. The van der Waals surface area contributed by atoms with Gasteiger partial charge in [-0.15, -0.1) is 5.10 Å². The molecule has 0 saturated heterocycles. The van der Waals surface area contributed by atoms with Crippen LogP contribution in [0.2, 0.25) is 0 Å². The number of aryl methyl sites for hydroxylation is 1. The Hall–Kier alpha value is -5.06. The summed E-state index contributed by atoms with van der Waals surface area (Å²) in [7, 11) is 3.08. The number of methoxy groups -OCH3 is 2. The van der Waals surface area contributed by atoms with Gasteiger partial charge < -0.3 is 29.6 Å². The molecule has 11 heteroatoms. The second-order valence-electron chi connectivity index (χ2n) is 9.34. The molecule has 3 heterocycles. The summed E-state index contributed by atoms with van der Waals surface area (Å²) in [5.74, 6) is 1.22. The minimum atomic E-state index is -0.300. The molecule has 0 spiro atoms.